The van der Waals surface area contributed by atoms with Crippen molar-refractivity contribution in [3.8, 4) is 0 Å². The van der Waals surface area contributed by atoms with Crippen molar-refractivity contribution < 1.29 is 4.79 Å². The molecule has 3 heteroatoms. The van der Waals surface area contributed by atoms with Crippen LogP contribution in [-0.2, 0) is 4.79 Å². The Labute approximate surface area is 128 Å². The number of carbonyl (C=O) groups excluding carboxylic acids is 1. The van der Waals surface area contributed by atoms with Crippen LogP contribution in [0.25, 0.3) is 0 Å². The van der Waals surface area contributed by atoms with Crippen molar-refractivity contribution in [2.75, 3.05) is 26.2 Å². The number of hydrogen-bond donors (Lipinski definition) is 1. The van der Waals surface area contributed by atoms with Gasteiger partial charge in [-0.2, -0.15) is 0 Å². The Kier molecular flexibility index (Phi) is 6.74. The summed E-state index contributed by atoms with van der Waals surface area (Å²) in [5.41, 5.74) is 1.12. The van der Waals surface area contributed by atoms with Crippen LogP contribution < -0.4 is 5.32 Å². The molecular formula is C18H28N2O. The predicted molar refractivity (Wildman–Crippen MR) is 87.4 cm³/mol. The smallest absolute Gasteiger partial charge is 0.227 e. The fourth-order valence-electron chi connectivity index (χ4n) is 3.08. The third-order valence-corrected chi connectivity index (χ3v) is 4.33. The lowest BCUT2D eigenvalue weighted by Gasteiger charge is -2.26. The molecule has 1 saturated heterocycles. The van der Waals surface area contributed by atoms with Crippen molar-refractivity contribution >= 4 is 5.91 Å². The van der Waals surface area contributed by atoms with Crippen molar-refractivity contribution in [2.24, 2.45) is 0 Å². The van der Waals surface area contributed by atoms with E-state index < -0.39 is 0 Å². The zero-order valence-corrected chi connectivity index (χ0v) is 13.2. The Morgan fingerprint density at radius 3 is 2.57 bits per heavy atom. The normalized spacial score (nSPS) is 17.4. The van der Waals surface area contributed by atoms with Gasteiger partial charge in [0.2, 0.25) is 5.91 Å². The molecule has 1 amide bonds. The summed E-state index contributed by atoms with van der Waals surface area (Å²) in [5.74, 6) is 0.156. The van der Waals surface area contributed by atoms with Gasteiger partial charge in [-0.1, -0.05) is 43.7 Å². The van der Waals surface area contributed by atoms with Crippen molar-refractivity contribution in [1.82, 2.24) is 10.2 Å². The minimum atomic E-state index is -0.0128. The number of nitrogens with one attached hydrogen (secondary N) is 1. The van der Waals surface area contributed by atoms with Gasteiger partial charge in [0.05, 0.1) is 5.92 Å². The fourth-order valence-corrected chi connectivity index (χ4v) is 3.08. The maximum absolute atomic E-state index is 12.3. The second-order valence-electron chi connectivity index (χ2n) is 5.92. The molecule has 0 aliphatic carbocycles. The van der Waals surface area contributed by atoms with E-state index in [1.807, 2.05) is 30.3 Å². The van der Waals surface area contributed by atoms with Crippen molar-refractivity contribution in [3.05, 3.63) is 35.9 Å². The standard InChI is InChI=1S/C18H28N2O/c1-2-17(16-10-5-3-6-11-16)18(21)19-12-9-15-20-13-7-4-8-14-20/h3,5-6,10-11,17H,2,4,7-9,12-15H2,1H3,(H,19,21). The van der Waals surface area contributed by atoms with E-state index in [-0.39, 0.29) is 11.8 Å². The van der Waals surface area contributed by atoms with E-state index in [9.17, 15) is 4.79 Å². The summed E-state index contributed by atoms with van der Waals surface area (Å²) in [6, 6.07) is 10.1. The highest BCUT2D eigenvalue weighted by molar-refractivity contribution is 5.83. The van der Waals surface area contributed by atoms with Crippen LogP contribution in [-0.4, -0.2) is 37.0 Å². The van der Waals surface area contributed by atoms with Gasteiger partial charge >= 0.3 is 0 Å². The number of piperidine rings is 1. The fraction of sp³-hybridized carbons (Fsp3) is 0.611. The number of likely N-dealkylation sites (tertiary alicyclic amines) is 1. The molecule has 1 aromatic carbocycles. The summed E-state index contributed by atoms with van der Waals surface area (Å²) in [5, 5.41) is 3.11. The van der Waals surface area contributed by atoms with Gasteiger partial charge in [-0.05, 0) is 50.9 Å². The first-order valence-corrected chi connectivity index (χ1v) is 8.36. The van der Waals surface area contributed by atoms with Crippen LogP contribution in [0.15, 0.2) is 30.3 Å². The average Bonchev–Trinajstić information content (AvgIpc) is 2.54. The van der Waals surface area contributed by atoms with Crippen LogP contribution in [0.4, 0.5) is 0 Å². The van der Waals surface area contributed by atoms with Crippen molar-refractivity contribution in [1.29, 1.82) is 0 Å². The van der Waals surface area contributed by atoms with Gasteiger partial charge in [-0.25, -0.2) is 0 Å². The molecule has 0 saturated carbocycles. The summed E-state index contributed by atoms with van der Waals surface area (Å²) in [4.78, 5) is 14.8. The molecule has 3 nitrogen and oxygen atoms in total. The third kappa shape index (κ3) is 5.16. The third-order valence-electron chi connectivity index (χ3n) is 4.33. The van der Waals surface area contributed by atoms with Gasteiger partial charge in [-0.3, -0.25) is 4.79 Å². The molecule has 1 aliphatic heterocycles. The first-order chi connectivity index (χ1) is 10.3. The van der Waals surface area contributed by atoms with Crippen LogP contribution in [0, 0.1) is 0 Å². The Bertz CT molecular complexity index is 412. The Morgan fingerprint density at radius 2 is 1.90 bits per heavy atom. The van der Waals surface area contributed by atoms with Crippen LogP contribution in [0.1, 0.15) is 50.5 Å². The number of hydrogen-bond acceptors (Lipinski definition) is 2. The number of nitrogens with zero attached hydrogens (tertiary/aromatic N) is 1. The van der Waals surface area contributed by atoms with E-state index in [4.69, 9.17) is 0 Å². The van der Waals surface area contributed by atoms with Gasteiger partial charge in [0.15, 0.2) is 0 Å². The van der Waals surface area contributed by atoms with E-state index in [2.05, 4.69) is 17.1 Å². The summed E-state index contributed by atoms with van der Waals surface area (Å²) in [6.07, 6.45) is 5.94. The first kappa shape index (κ1) is 16.0. The quantitative estimate of drug-likeness (QED) is 0.782. The number of amides is 1. The van der Waals surface area contributed by atoms with Crippen LogP contribution in [0.3, 0.4) is 0 Å². The molecule has 2 rings (SSSR count). The highest BCUT2D eigenvalue weighted by Crippen LogP contribution is 2.19. The molecule has 0 bridgehead atoms. The van der Waals surface area contributed by atoms with Gasteiger partial charge in [-0.15, -0.1) is 0 Å². The minimum Gasteiger partial charge on any atom is -0.356 e. The highest BCUT2D eigenvalue weighted by Gasteiger charge is 2.17. The zero-order chi connectivity index (χ0) is 14.9. The van der Waals surface area contributed by atoms with Gasteiger partial charge in [0.1, 0.15) is 0 Å². The molecule has 0 aromatic heterocycles. The Hall–Kier alpha value is -1.35. The summed E-state index contributed by atoms with van der Waals surface area (Å²) in [7, 11) is 0. The van der Waals surface area contributed by atoms with E-state index in [1.165, 1.54) is 32.4 Å². The van der Waals surface area contributed by atoms with Crippen molar-refractivity contribution in [2.45, 2.75) is 44.9 Å². The molecule has 116 valence electrons. The van der Waals surface area contributed by atoms with Crippen LogP contribution in [0.5, 0.6) is 0 Å². The van der Waals surface area contributed by atoms with E-state index in [1.54, 1.807) is 0 Å². The molecule has 0 radical (unpaired) electrons. The summed E-state index contributed by atoms with van der Waals surface area (Å²) < 4.78 is 0. The lowest BCUT2D eigenvalue weighted by atomic mass is 9.96. The number of rotatable bonds is 7. The molecule has 1 N–H and O–H groups in total. The molecule has 21 heavy (non-hydrogen) atoms. The number of carbonyl (C=O) groups is 1. The lowest BCUT2D eigenvalue weighted by Crippen LogP contribution is -2.34. The van der Waals surface area contributed by atoms with Crippen LogP contribution >= 0.6 is 0 Å². The molecule has 1 heterocycles. The predicted octanol–water partition coefficient (Wildman–Crippen LogP) is 3.17. The second-order valence-corrected chi connectivity index (χ2v) is 5.92. The van der Waals surface area contributed by atoms with Gasteiger partial charge < -0.3 is 10.2 Å². The lowest BCUT2D eigenvalue weighted by molar-refractivity contribution is -0.122. The zero-order valence-electron chi connectivity index (χ0n) is 13.2. The van der Waals surface area contributed by atoms with Crippen LogP contribution in [0.2, 0.25) is 0 Å². The molecule has 1 atom stereocenters. The topological polar surface area (TPSA) is 32.3 Å². The van der Waals surface area contributed by atoms with Crippen molar-refractivity contribution in [3.63, 3.8) is 0 Å². The maximum atomic E-state index is 12.3. The van der Waals surface area contributed by atoms with E-state index >= 15 is 0 Å². The van der Waals surface area contributed by atoms with Gasteiger partial charge in [0.25, 0.3) is 0 Å². The highest BCUT2D eigenvalue weighted by atomic mass is 16.1. The van der Waals surface area contributed by atoms with Gasteiger partial charge in [0, 0.05) is 6.54 Å². The molecular weight excluding hydrogens is 260 g/mol. The SMILES string of the molecule is CCC(C(=O)NCCCN1CCCCC1)c1ccccc1. The second kappa shape index (κ2) is 8.83. The molecule has 1 fully saturated rings. The minimum absolute atomic E-state index is 0.0128. The average molecular weight is 288 g/mol. The monoisotopic (exact) mass is 288 g/mol. The van der Waals surface area contributed by atoms with E-state index in [0.29, 0.717) is 0 Å². The number of benzene rings is 1. The molecule has 1 aromatic rings. The van der Waals surface area contributed by atoms with E-state index in [0.717, 1.165) is 31.5 Å². The summed E-state index contributed by atoms with van der Waals surface area (Å²) in [6.45, 7) is 6.44. The summed E-state index contributed by atoms with van der Waals surface area (Å²) >= 11 is 0. The molecule has 1 aliphatic rings. The maximum Gasteiger partial charge on any atom is 0.227 e. The Morgan fingerprint density at radius 1 is 1.19 bits per heavy atom. The molecule has 0 spiro atoms. The first-order valence-electron chi connectivity index (χ1n) is 8.36. The molecule has 1 unspecified atom stereocenters. The Balaban J connectivity index is 1.70. The largest absolute Gasteiger partial charge is 0.356 e.